The smallest absolute Gasteiger partial charge is 0.417 e. The predicted octanol–water partition coefficient (Wildman–Crippen LogP) is 2.50. The van der Waals surface area contributed by atoms with Crippen molar-refractivity contribution in [2.24, 2.45) is 0 Å². The summed E-state index contributed by atoms with van der Waals surface area (Å²) in [6.45, 7) is 0. The van der Waals surface area contributed by atoms with Gasteiger partial charge in [-0.15, -0.1) is 0 Å². The summed E-state index contributed by atoms with van der Waals surface area (Å²) in [6, 6.07) is 2.42. The summed E-state index contributed by atoms with van der Waals surface area (Å²) in [5.74, 6) is -1.72. The number of hydrogen-bond acceptors (Lipinski definition) is 4. The van der Waals surface area contributed by atoms with Crippen LogP contribution in [0, 0.1) is 10.1 Å². The zero-order valence-electron chi connectivity index (χ0n) is 10.0. The number of hydrogen-bond donors (Lipinski definition) is 1. The SMILES string of the molecule is O=C(O)c1ccc(-n2cc([N+](=O)[O-])cn2)cc1C(F)(F)F. The van der Waals surface area contributed by atoms with Crippen LogP contribution in [0.4, 0.5) is 18.9 Å². The molecule has 0 aliphatic heterocycles. The second-order valence-corrected chi connectivity index (χ2v) is 3.93. The molecular formula is C11H6F3N3O4. The second kappa shape index (κ2) is 4.89. The minimum Gasteiger partial charge on any atom is -0.478 e. The Morgan fingerprint density at radius 2 is 2.05 bits per heavy atom. The van der Waals surface area contributed by atoms with E-state index in [9.17, 15) is 28.1 Å². The van der Waals surface area contributed by atoms with Crippen molar-refractivity contribution in [1.82, 2.24) is 9.78 Å². The standard InChI is InChI=1S/C11H6F3N3O4/c12-11(13,14)9-3-6(1-2-8(9)10(18)19)16-5-7(4-15-16)17(20)21/h1-5H,(H,18,19). The van der Waals surface area contributed by atoms with Crippen molar-refractivity contribution in [3.05, 3.63) is 51.8 Å². The topological polar surface area (TPSA) is 98.3 Å². The van der Waals surface area contributed by atoms with Crippen LogP contribution in [0.1, 0.15) is 15.9 Å². The minimum absolute atomic E-state index is 0.138. The highest BCUT2D eigenvalue weighted by atomic mass is 19.4. The van der Waals surface area contributed by atoms with Crippen molar-refractivity contribution in [1.29, 1.82) is 0 Å². The molecule has 2 aromatic rings. The van der Waals surface area contributed by atoms with Crippen molar-refractivity contribution >= 4 is 11.7 Å². The molecular weight excluding hydrogens is 295 g/mol. The van der Waals surface area contributed by atoms with Gasteiger partial charge in [-0.1, -0.05) is 0 Å². The van der Waals surface area contributed by atoms with Gasteiger partial charge in [-0.25, -0.2) is 9.48 Å². The minimum atomic E-state index is -4.87. The van der Waals surface area contributed by atoms with Crippen molar-refractivity contribution in [2.75, 3.05) is 0 Å². The molecule has 1 aromatic heterocycles. The zero-order valence-corrected chi connectivity index (χ0v) is 10.0. The molecule has 1 heterocycles. The molecule has 0 saturated heterocycles. The molecule has 0 saturated carbocycles. The first-order valence-corrected chi connectivity index (χ1v) is 5.34. The number of halogens is 3. The number of carboxylic acids is 1. The molecule has 0 aliphatic carbocycles. The van der Waals surface area contributed by atoms with Gasteiger partial charge >= 0.3 is 17.8 Å². The van der Waals surface area contributed by atoms with Crippen LogP contribution in [-0.4, -0.2) is 25.8 Å². The molecule has 7 nitrogen and oxygen atoms in total. The Morgan fingerprint density at radius 3 is 2.52 bits per heavy atom. The first kappa shape index (κ1) is 14.5. The van der Waals surface area contributed by atoms with E-state index in [0.717, 1.165) is 29.2 Å². The third-order valence-corrected chi connectivity index (χ3v) is 2.58. The lowest BCUT2D eigenvalue weighted by Crippen LogP contribution is -2.14. The number of nitro groups is 1. The molecule has 110 valence electrons. The lowest BCUT2D eigenvalue weighted by atomic mass is 10.1. The van der Waals surface area contributed by atoms with Gasteiger partial charge in [0, 0.05) is 0 Å². The summed E-state index contributed by atoms with van der Waals surface area (Å²) in [5, 5.41) is 22.8. The van der Waals surface area contributed by atoms with Crippen LogP contribution in [-0.2, 0) is 6.18 Å². The average Bonchev–Trinajstić information content (AvgIpc) is 2.86. The summed E-state index contributed by atoms with van der Waals surface area (Å²) < 4.78 is 39.4. The largest absolute Gasteiger partial charge is 0.478 e. The van der Waals surface area contributed by atoms with Gasteiger partial charge in [-0.2, -0.15) is 18.3 Å². The monoisotopic (exact) mass is 301 g/mol. The number of nitrogens with zero attached hydrogens (tertiary/aromatic N) is 3. The Kier molecular flexibility index (Phi) is 3.37. The number of rotatable bonds is 3. The number of benzene rings is 1. The molecule has 0 unspecified atom stereocenters. The summed E-state index contributed by atoms with van der Waals surface area (Å²) in [7, 11) is 0. The van der Waals surface area contributed by atoms with Gasteiger partial charge in [-0.3, -0.25) is 10.1 Å². The highest BCUT2D eigenvalue weighted by molar-refractivity contribution is 5.90. The molecule has 0 aliphatic rings. The summed E-state index contributed by atoms with van der Waals surface area (Å²) in [5.41, 5.74) is -2.80. The fourth-order valence-corrected chi connectivity index (χ4v) is 1.64. The van der Waals surface area contributed by atoms with Crippen molar-refractivity contribution in [3.8, 4) is 5.69 Å². The Hall–Kier alpha value is -2.91. The summed E-state index contributed by atoms with van der Waals surface area (Å²) in [4.78, 5) is 20.6. The van der Waals surface area contributed by atoms with Gasteiger partial charge in [0.1, 0.15) is 12.4 Å². The number of alkyl halides is 3. The molecule has 0 fully saturated rings. The first-order valence-electron chi connectivity index (χ1n) is 5.34. The van der Waals surface area contributed by atoms with E-state index >= 15 is 0 Å². The number of carboxylic acid groups (broad SMARTS) is 1. The van der Waals surface area contributed by atoms with Crippen LogP contribution in [0.15, 0.2) is 30.6 Å². The average molecular weight is 301 g/mol. The van der Waals surface area contributed by atoms with Crippen LogP contribution >= 0.6 is 0 Å². The highest BCUT2D eigenvalue weighted by Crippen LogP contribution is 2.33. The number of carbonyl (C=O) groups is 1. The van der Waals surface area contributed by atoms with Crippen LogP contribution in [0.3, 0.4) is 0 Å². The van der Waals surface area contributed by atoms with Gasteiger partial charge in [-0.05, 0) is 18.2 Å². The maximum Gasteiger partial charge on any atom is 0.417 e. The zero-order chi connectivity index (χ0) is 15.8. The molecule has 1 aromatic carbocycles. The maximum absolute atomic E-state index is 12.8. The Bertz CT molecular complexity index is 724. The molecule has 10 heteroatoms. The summed E-state index contributed by atoms with van der Waals surface area (Å²) in [6.07, 6.45) is -3.07. The van der Waals surface area contributed by atoms with Crippen LogP contribution < -0.4 is 0 Å². The third kappa shape index (κ3) is 2.83. The van der Waals surface area contributed by atoms with Gasteiger partial charge in [0.2, 0.25) is 0 Å². The number of aromatic carboxylic acids is 1. The normalized spacial score (nSPS) is 11.4. The molecule has 0 spiro atoms. The van der Waals surface area contributed by atoms with Crippen LogP contribution in [0.2, 0.25) is 0 Å². The Balaban J connectivity index is 2.56. The van der Waals surface area contributed by atoms with E-state index < -0.39 is 33.9 Å². The molecule has 21 heavy (non-hydrogen) atoms. The van der Waals surface area contributed by atoms with E-state index in [1.165, 1.54) is 0 Å². The fourth-order valence-electron chi connectivity index (χ4n) is 1.64. The van der Waals surface area contributed by atoms with Gasteiger partial charge in [0.15, 0.2) is 0 Å². The molecule has 0 atom stereocenters. The molecule has 0 radical (unpaired) electrons. The van der Waals surface area contributed by atoms with E-state index in [1.807, 2.05) is 0 Å². The van der Waals surface area contributed by atoms with E-state index in [0.29, 0.717) is 6.07 Å². The summed E-state index contributed by atoms with van der Waals surface area (Å²) >= 11 is 0. The number of aromatic nitrogens is 2. The predicted molar refractivity (Wildman–Crippen MR) is 62.2 cm³/mol. The van der Waals surface area contributed by atoms with Crippen molar-refractivity contribution in [3.63, 3.8) is 0 Å². The van der Waals surface area contributed by atoms with Crippen molar-refractivity contribution < 1.29 is 28.0 Å². The molecule has 1 N–H and O–H groups in total. The van der Waals surface area contributed by atoms with E-state index in [1.54, 1.807) is 0 Å². The second-order valence-electron chi connectivity index (χ2n) is 3.93. The fraction of sp³-hybridized carbons (Fsp3) is 0.0909. The molecule has 0 amide bonds. The first-order chi connectivity index (χ1) is 9.70. The quantitative estimate of drug-likeness (QED) is 0.693. The Labute approximate surface area is 114 Å². The lowest BCUT2D eigenvalue weighted by Gasteiger charge is -2.12. The maximum atomic E-state index is 12.8. The molecule has 2 rings (SSSR count). The van der Waals surface area contributed by atoms with E-state index in [2.05, 4.69) is 5.10 Å². The van der Waals surface area contributed by atoms with Crippen molar-refractivity contribution in [2.45, 2.75) is 6.18 Å². The van der Waals surface area contributed by atoms with E-state index in [4.69, 9.17) is 5.11 Å². The van der Waals surface area contributed by atoms with Gasteiger partial charge in [0.05, 0.1) is 21.7 Å². The highest BCUT2D eigenvalue weighted by Gasteiger charge is 2.35. The third-order valence-electron chi connectivity index (χ3n) is 2.58. The lowest BCUT2D eigenvalue weighted by molar-refractivity contribution is -0.384. The van der Waals surface area contributed by atoms with Crippen LogP contribution in [0.25, 0.3) is 5.69 Å². The van der Waals surface area contributed by atoms with E-state index in [-0.39, 0.29) is 5.69 Å². The van der Waals surface area contributed by atoms with Crippen LogP contribution in [0.5, 0.6) is 0 Å². The van der Waals surface area contributed by atoms with Gasteiger partial charge < -0.3 is 5.11 Å². The molecule has 0 bridgehead atoms. The van der Waals surface area contributed by atoms with Gasteiger partial charge in [0.25, 0.3) is 0 Å². The Morgan fingerprint density at radius 1 is 1.38 bits per heavy atom.